The number of phenolic OH excluding ortho intramolecular Hbond substituents is 2. The predicted molar refractivity (Wildman–Crippen MR) is 158 cm³/mol. The van der Waals surface area contributed by atoms with Gasteiger partial charge >= 0.3 is 0 Å². The van der Waals surface area contributed by atoms with E-state index in [-0.39, 0.29) is 66.7 Å². The molecule has 1 heterocycles. The number of aromatic hydroxyl groups is 3. The third kappa shape index (κ3) is 3.41. The largest absolute Gasteiger partial charge is 0.507 e. The number of H-pyrrole nitrogens is 1. The molecular formula is C29H19Br2N3O9. The average molecular weight is 713 g/mol. The second-order valence-electron chi connectivity index (χ2n) is 10.8. The summed E-state index contributed by atoms with van der Waals surface area (Å²) in [7, 11) is 1.27. The first-order valence-electron chi connectivity index (χ1n) is 13.1. The lowest BCUT2D eigenvalue weighted by atomic mass is 9.76. The SMILES string of the molecule is CON=Cc1[nH]c(=O)c2c(O)c3c(c(Br)c2c1O)CC[C@@]31C(=O)c2cc3c(c(O)c2C1=O)C(=O)C(Br)=C(NC1CC1)C3=O. The summed E-state index contributed by atoms with van der Waals surface area (Å²) in [5, 5.41) is 39.9. The standard InChI is InChI=1S/C29H19Br2N3O9/c1-43-32-7-12-22(36)15-16(28(42)34-12)24(38)17-9(18(15)30)4-5-29(17)26(40)11-6-10-13(23(37)14(11)27(29)41)25(39)19(31)20(21(10)35)33-8-2-3-8/h6-8,33,36-38H,2-5H2,1H3,(H,34,42)/t29-/m0/s1. The van der Waals surface area contributed by atoms with Gasteiger partial charge in [0.25, 0.3) is 5.56 Å². The van der Waals surface area contributed by atoms with Crippen LogP contribution in [0.1, 0.15) is 77.5 Å². The van der Waals surface area contributed by atoms with Crippen LogP contribution in [0, 0.1) is 0 Å². The fourth-order valence-corrected chi connectivity index (χ4v) is 7.69. The highest BCUT2D eigenvalue weighted by atomic mass is 79.9. The molecule has 218 valence electrons. The lowest BCUT2D eigenvalue weighted by molar-refractivity contribution is 0.0791. The summed E-state index contributed by atoms with van der Waals surface area (Å²) in [5.41, 5.74) is -4.16. The molecule has 1 saturated carbocycles. The number of halogens is 2. The maximum absolute atomic E-state index is 14.2. The zero-order chi connectivity index (χ0) is 30.7. The molecule has 14 heteroatoms. The van der Waals surface area contributed by atoms with E-state index < -0.39 is 62.5 Å². The van der Waals surface area contributed by atoms with Gasteiger partial charge in [-0.25, -0.2) is 0 Å². The smallest absolute Gasteiger partial charge is 0.260 e. The van der Waals surface area contributed by atoms with Gasteiger partial charge in [0.2, 0.25) is 11.6 Å². The van der Waals surface area contributed by atoms with Gasteiger partial charge in [0.1, 0.15) is 41.2 Å². The molecule has 0 bridgehead atoms. The van der Waals surface area contributed by atoms with Gasteiger partial charge in [-0.1, -0.05) is 5.16 Å². The van der Waals surface area contributed by atoms with Crippen LogP contribution >= 0.6 is 31.9 Å². The molecule has 4 aliphatic carbocycles. The topological polar surface area (TPSA) is 195 Å². The Kier molecular flexibility index (Phi) is 5.83. The number of benzene rings is 2. The number of nitrogens with zero attached hydrogens (tertiary/aromatic N) is 1. The minimum Gasteiger partial charge on any atom is -0.507 e. The molecule has 0 unspecified atom stereocenters. The van der Waals surface area contributed by atoms with E-state index in [1.807, 2.05) is 0 Å². The summed E-state index contributed by atoms with van der Waals surface area (Å²) in [6.45, 7) is 0. The lowest BCUT2D eigenvalue weighted by Gasteiger charge is -2.23. The van der Waals surface area contributed by atoms with E-state index in [2.05, 4.69) is 52.2 Å². The molecule has 0 saturated heterocycles. The summed E-state index contributed by atoms with van der Waals surface area (Å²) in [4.78, 5) is 75.4. The molecule has 43 heavy (non-hydrogen) atoms. The number of oxime groups is 1. The van der Waals surface area contributed by atoms with E-state index in [1.165, 1.54) is 7.11 Å². The van der Waals surface area contributed by atoms with Crippen molar-refractivity contribution in [3.05, 3.63) is 70.1 Å². The highest BCUT2D eigenvalue weighted by molar-refractivity contribution is 9.12. The predicted octanol–water partition coefficient (Wildman–Crippen LogP) is 3.39. The first kappa shape index (κ1) is 27.5. The van der Waals surface area contributed by atoms with Crippen molar-refractivity contribution in [3.63, 3.8) is 0 Å². The van der Waals surface area contributed by atoms with Gasteiger partial charge in [0, 0.05) is 32.6 Å². The number of aromatic amines is 1. The number of carbonyl (C=O) groups is 4. The van der Waals surface area contributed by atoms with E-state index in [0.29, 0.717) is 5.56 Å². The molecule has 4 aliphatic rings. The number of carbonyl (C=O) groups excluding carboxylic acids is 4. The van der Waals surface area contributed by atoms with Gasteiger partial charge in [-0.2, -0.15) is 0 Å². The number of fused-ring (bicyclic) bond motifs is 5. The minimum atomic E-state index is -2.05. The Balaban J connectivity index is 1.45. The summed E-state index contributed by atoms with van der Waals surface area (Å²) in [5.74, 6) is -4.94. The molecule has 1 spiro atoms. The van der Waals surface area contributed by atoms with Gasteiger partial charge in [-0.15, -0.1) is 0 Å². The molecule has 1 fully saturated rings. The zero-order valence-electron chi connectivity index (χ0n) is 22.1. The Morgan fingerprint density at radius 2 is 1.70 bits per heavy atom. The van der Waals surface area contributed by atoms with E-state index >= 15 is 0 Å². The number of nitrogens with one attached hydrogen (secondary N) is 2. The zero-order valence-corrected chi connectivity index (χ0v) is 25.2. The summed E-state index contributed by atoms with van der Waals surface area (Å²) >= 11 is 6.56. The maximum atomic E-state index is 14.2. The molecule has 12 nitrogen and oxygen atoms in total. The van der Waals surface area contributed by atoms with E-state index in [1.54, 1.807) is 0 Å². The van der Waals surface area contributed by atoms with Crippen molar-refractivity contribution in [2.75, 3.05) is 7.11 Å². The number of rotatable bonds is 4. The molecular weight excluding hydrogens is 694 g/mol. The van der Waals surface area contributed by atoms with E-state index in [4.69, 9.17) is 0 Å². The third-order valence-corrected chi connectivity index (χ3v) is 10.2. The quantitative estimate of drug-likeness (QED) is 0.152. The van der Waals surface area contributed by atoms with Gasteiger partial charge < -0.3 is 30.5 Å². The lowest BCUT2D eigenvalue weighted by Crippen LogP contribution is -2.36. The van der Waals surface area contributed by atoms with Gasteiger partial charge in [-0.05, 0) is 69.2 Å². The minimum absolute atomic E-state index is 0.0130. The van der Waals surface area contributed by atoms with Gasteiger partial charge in [0.05, 0.1) is 27.2 Å². The van der Waals surface area contributed by atoms with Crippen molar-refractivity contribution in [2.24, 2.45) is 5.16 Å². The Morgan fingerprint density at radius 3 is 2.37 bits per heavy atom. The molecule has 0 aliphatic heterocycles. The van der Waals surface area contributed by atoms with Crippen LogP contribution in [0.4, 0.5) is 0 Å². The normalized spacial score (nSPS) is 20.9. The highest BCUT2D eigenvalue weighted by Crippen LogP contribution is 2.57. The van der Waals surface area contributed by atoms with Crippen LogP contribution in [0.25, 0.3) is 10.8 Å². The number of phenols is 2. The Hall–Kier alpha value is -4.30. The van der Waals surface area contributed by atoms with Crippen LogP contribution in [0.15, 0.2) is 30.7 Å². The molecule has 0 amide bonds. The van der Waals surface area contributed by atoms with Crippen LogP contribution < -0.4 is 10.9 Å². The molecule has 0 radical (unpaired) electrons. The second kappa shape index (κ2) is 9.10. The van der Waals surface area contributed by atoms with Gasteiger partial charge in [0.15, 0.2) is 11.6 Å². The first-order chi connectivity index (χ1) is 20.4. The van der Waals surface area contributed by atoms with Crippen molar-refractivity contribution in [1.29, 1.82) is 0 Å². The monoisotopic (exact) mass is 711 g/mol. The van der Waals surface area contributed by atoms with Crippen LogP contribution in [0.5, 0.6) is 17.2 Å². The molecule has 3 aromatic rings. The molecule has 5 N–H and O–H groups in total. The number of pyridine rings is 1. The van der Waals surface area contributed by atoms with E-state index in [9.17, 15) is 39.3 Å². The number of Topliss-reactive ketones (excluding diaryl/α,β-unsaturated/α-hetero) is 4. The summed E-state index contributed by atoms with van der Waals surface area (Å²) < 4.78 is 0.0871. The number of hydrogen-bond donors (Lipinski definition) is 5. The molecule has 2 aromatic carbocycles. The molecule has 7 rings (SSSR count). The Labute approximate surface area is 257 Å². The third-order valence-electron chi connectivity index (χ3n) is 8.53. The second-order valence-corrected chi connectivity index (χ2v) is 12.4. The summed E-state index contributed by atoms with van der Waals surface area (Å²) in [6, 6.07) is 1.17. The Morgan fingerprint density at radius 1 is 0.977 bits per heavy atom. The van der Waals surface area contributed by atoms with Gasteiger partial charge in [-0.3, -0.25) is 24.0 Å². The maximum Gasteiger partial charge on any atom is 0.260 e. The highest BCUT2D eigenvalue weighted by Gasteiger charge is 2.61. The average Bonchev–Trinajstić information content (AvgIpc) is 3.67. The fourth-order valence-electron chi connectivity index (χ4n) is 6.42. The fraction of sp³-hybridized carbons (Fsp3) is 0.241. The van der Waals surface area contributed by atoms with Crippen molar-refractivity contribution in [1.82, 2.24) is 10.3 Å². The van der Waals surface area contributed by atoms with Crippen LogP contribution in [0.2, 0.25) is 0 Å². The van der Waals surface area contributed by atoms with Crippen molar-refractivity contribution in [3.8, 4) is 17.2 Å². The van der Waals surface area contributed by atoms with Crippen LogP contribution in [-0.4, -0.2) is 62.8 Å². The number of ketones is 4. The molecule has 1 aromatic heterocycles. The number of allylic oxidation sites excluding steroid dienone is 2. The van der Waals surface area contributed by atoms with Crippen LogP contribution in [-0.2, 0) is 16.7 Å². The number of aromatic nitrogens is 1. The summed E-state index contributed by atoms with van der Waals surface area (Å²) in [6.07, 6.45) is 2.63. The molecule has 1 atom stereocenters. The van der Waals surface area contributed by atoms with Crippen molar-refractivity contribution >= 4 is 72.0 Å². The van der Waals surface area contributed by atoms with Crippen LogP contribution in [0.3, 0.4) is 0 Å². The first-order valence-corrected chi connectivity index (χ1v) is 14.7. The van der Waals surface area contributed by atoms with E-state index in [0.717, 1.165) is 25.1 Å². The van der Waals surface area contributed by atoms with Crippen molar-refractivity contribution < 1.29 is 39.3 Å². The number of hydrogen-bond acceptors (Lipinski definition) is 11. The Bertz CT molecular complexity index is 2060. The van der Waals surface area contributed by atoms with Crippen molar-refractivity contribution in [2.45, 2.75) is 37.1 Å².